The lowest BCUT2D eigenvalue weighted by molar-refractivity contribution is -0.143. The number of nitrogens with zero attached hydrogens (tertiary/aromatic N) is 2. The number of hydrogen-bond acceptors (Lipinski definition) is 6. The second-order valence-corrected chi connectivity index (χ2v) is 8.03. The van der Waals surface area contributed by atoms with Crippen LogP contribution in [0.3, 0.4) is 0 Å². The Morgan fingerprint density at radius 1 is 1.23 bits per heavy atom. The monoisotopic (exact) mass is 426 g/mol. The zero-order valence-corrected chi connectivity index (χ0v) is 17.8. The normalized spacial score (nSPS) is 16.0. The topological polar surface area (TPSA) is 79.1 Å². The minimum Gasteiger partial charge on any atom is -0.485 e. The highest BCUT2D eigenvalue weighted by Crippen LogP contribution is 2.31. The number of para-hydroxylation sites is 2. The van der Waals surface area contributed by atoms with Crippen LogP contribution >= 0.6 is 11.3 Å². The molecule has 1 aliphatic heterocycles. The lowest BCUT2D eigenvalue weighted by atomic mass is 10.1. The Morgan fingerprint density at radius 3 is 2.77 bits per heavy atom. The van der Waals surface area contributed by atoms with Gasteiger partial charge in [-0.15, -0.1) is 0 Å². The van der Waals surface area contributed by atoms with Gasteiger partial charge >= 0.3 is 5.97 Å². The number of amides is 1. The predicted octanol–water partition coefficient (Wildman–Crippen LogP) is 3.15. The van der Waals surface area contributed by atoms with Gasteiger partial charge in [-0.3, -0.25) is 9.59 Å². The fraction of sp³-hybridized carbons (Fsp3) is 0.318. The molecule has 2 heterocycles. The number of aryl methyl sites for hydroxylation is 2. The Morgan fingerprint density at radius 2 is 2.00 bits per heavy atom. The van der Waals surface area contributed by atoms with Crippen LogP contribution in [0, 0.1) is 13.8 Å². The smallest absolute Gasteiger partial charge is 0.326 e. The van der Waals surface area contributed by atoms with Crippen molar-refractivity contribution in [2.75, 3.05) is 13.2 Å². The molecule has 2 aromatic carbocycles. The van der Waals surface area contributed by atoms with Gasteiger partial charge in [-0.2, -0.15) is 4.99 Å². The average Bonchev–Trinajstić information content (AvgIpc) is 3.04. The van der Waals surface area contributed by atoms with Crippen molar-refractivity contribution in [3.8, 4) is 11.5 Å². The van der Waals surface area contributed by atoms with Crippen LogP contribution in [0.4, 0.5) is 0 Å². The van der Waals surface area contributed by atoms with Crippen LogP contribution in [0.2, 0.25) is 0 Å². The fourth-order valence-corrected chi connectivity index (χ4v) is 4.68. The second-order valence-electron chi connectivity index (χ2n) is 7.02. The number of thiazole rings is 1. The predicted molar refractivity (Wildman–Crippen MR) is 113 cm³/mol. The fourth-order valence-electron chi connectivity index (χ4n) is 3.47. The summed E-state index contributed by atoms with van der Waals surface area (Å²) in [5.41, 5.74) is 2.98. The van der Waals surface area contributed by atoms with Gasteiger partial charge in [0.05, 0.1) is 16.8 Å². The molecule has 0 radical (unpaired) electrons. The summed E-state index contributed by atoms with van der Waals surface area (Å²) in [6, 6.07) is 11.3. The first kappa shape index (κ1) is 20.2. The van der Waals surface area contributed by atoms with Crippen molar-refractivity contribution in [1.29, 1.82) is 0 Å². The van der Waals surface area contributed by atoms with E-state index in [0.29, 0.717) is 16.3 Å². The van der Waals surface area contributed by atoms with Crippen LogP contribution in [0.1, 0.15) is 18.1 Å². The van der Waals surface area contributed by atoms with Gasteiger partial charge in [0.15, 0.2) is 16.3 Å². The summed E-state index contributed by atoms with van der Waals surface area (Å²) in [4.78, 5) is 29.8. The van der Waals surface area contributed by atoms with Crippen molar-refractivity contribution in [3.05, 3.63) is 52.3 Å². The van der Waals surface area contributed by atoms with E-state index in [4.69, 9.17) is 14.2 Å². The summed E-state index contributed by atoms with van der Waals surface area (Å²) in [7, 11) is 0. The molecule has 3 aromatic rings. The SMILES string of the molecule is CCOC(=O)Cn1c(=NC(=O)C2COc3ccccc3O2)sc2cc(C)cc(C)c21. The highest BCUT2D eigenvalue weighted by atomic mass is 32.1. The molecule has 8 heteroatoms. The van der Waals surface area contributed by atoms with E-state index in [-0.39, 0.29) is 25.7 Å². The third-order valence-corrected chi connectivity index (χ3v) is 5.72. The van der Waals surface area contributed by atoms with E-state index < -0.39 is 12.0 Å². The van der Waals surface area contributed by atoms with E-state index in [1.165, 1.54) is 11.3 Å². The van der Waals surface area contributed by atoms with Gasteiger partial charge in [-0.25, -0.2) is 0 Å². The van der Waals surface area contributed by atoms with Crippen LogP contribution in [-0.2, 0) is 20.9 Å². The zero-order valence-electron chi connectivity index (χ0n) is 17.0. The summed E-state index contributed by atoms with van der Waals surface area (Å²) in [5.74, 6) is 0.284. The van der Waals surface area contributed by atoms with E-state index >= 15 is 0 Å². The third kappa shape index (κ3) is 3.95. The first-order chi connectivity index (χ1) is 14.5. The lowest BCUT2D eigenvalue weighted by Crippen LogP contribution is -2.37. The van der Waals surface area contributed by atoms with Gasteiger partial charge in [0.1, 0.15) is 13.2 Å². The molecule has 0 fully saturated rings. The quantitative estimate of drug-likeness (QED) is 0.599. The van der Waals surface area contributed by atoms with Gasteiger partial charge in [-0.05, 0) is 50.1 Å². The number of fused-ring (bicyclic) bond motifs is 2. The van der Waals surface area contributed by atoms with Crippen LogP contribution in [0.5, 0.6) is 11.5 Å². The lowest BCUT2D eigenvalue weighted by Gasteiger charge is -2.23. The molecule has 1 aromatic heterocycles. The van der Waals surface area contributed by atoms with Crippen molar-refractivity contribution in [2.24, 2.45) is 4.99 Å². The molecule has 4 rings (SSSR count). The Balaban J connectivity index is 1.73. The average molecular weight is 426 g/mol. The number of carbonyl (C=O) groups is 2. The minimum absolute atomic E-state index is 0.0191. The van der Waals surface area contributed by atoms with E-state index in [9.17, 15) is 9.59 Å². The molecule has 1 aliphatic rings. The van der Waals surface area contributed by atoms with Crippen molar-refractivity contribution in [2.45, 2.75) is 33.4 Å². The molecule has 1 atom stereocenters. The maximum atomic E-state index is 12.9. The van der Waals surface area contributed by atoms with E-state index in [1.807, 2.05) is 38.1 Å². The molecule has 0 bridgehead atoms. The molecule has 7 nitrogen and oxygen atoms in total. The Labute approximate surface area is 177 Å². The summed E-state index contributed by atoms with van der Waals surface area (Å²) >= 11 is 1.36. The number of benzene rings is 2. The molecule has 0 N–H and O–H groups in total. The number of rotatable bonds is 4. The maximum Gasteiger partial charge on any atom is 0.326 e. The largest absolute Gasteiger partial charge is 0.485 e. The first-order valence-electron chi connectivity index (χ1n) is 9.69. The Bertz CT molecular complexity index is 1190. The van der Waals surface area contributed by atoms with Crippen LogP contribution < -0.4 is 14.3 Å². The van der Waals surface area contributed by atoms with Gasteiger partial charge in [0.25, 0.3) is 5.91 Å². The van der Waals surface area contributed by atoms with Crippen molar-refractivity contribution < 1.29 is 23.8 Å². The standard InChI is InChI=1S/C22H22N2O5S/c1-4-27-19(25)11-24-20-14(3)9-13(2)10-18(20)30-22(24)23-21(26)17-12-28-15-7-5-6-8-16(15)29-17/h5-10,17H,4,11-12H2,1-3H3. The Kier molecular flexibility index (Phi) is 5.59. The van der Waals surface area contributed by atoms with Gasteiger partial charge in [0, 0.05) is 0 Å². The van der Waals surface area contributed by atoms with Gasteiger partial charge < -0.3 is 18.8 Å². The van der Waals surface area contributed by atoms with Crippen LogP contribution in [0.25, 0.3) is 10.2 Å². The molecular weight excluding hydrogens is 404 g/mol. The molecule has 0 saturated heterocycles. The van der Waals surface area contributed by atoms with Gasteiger partial charge in [0.2, 0.25) is 6.10 Å². The molecule has 1 unspecified atom stereocenters. The molecule has 0 spiro atoms. The second kappa shape index (κ2) is 8.31. The highest BCUT2D eigenvalue weighted by Gasteiger charge is 2.27. The zero-order chi connectivity index (χ0) is 21.3. The molecule has 156 valence electrons. The molecule has 1 amide bonds. The van der Waals surface area contributed by atoms with Crippen molar-refractivity contribution >= 4 is 33.4 Å². The van der Waals surface area contributed by atoms with E-state index in [0.717, 1.165) is 21.3 Å². The molecule has 0 aliphatic carbocycles. The Hall–Kier alpha value is -3.13. The number of carbonyl (C=O) groups excluding carboxylic acids is 2. The summed E-state index contributed by atoms with van der Waals surface area (Å²) in [6.07, 6.45) is -0.844. The van der Waals surface area contributed by atoms with Gasteiger partial charge in [-0.1, -0.05) is 29.5 Å². The van der Waals surface area contributed by atoms with Crippen molar-refractivity contribution in [1.82, 2.24) is 4.57 Å². The summed E-state index contributed by atoms with van der Waals surface area (Å²) < 4.78 is 19.2. The van der Waals surface area contributed by atoms with E-state index in [2.05, 4.69) is 4.99 Å². The number of esters is 1. The molecule has 30 heavy (non-hydrogen) atoms. The van der Waals surface area contributed by atoms with Crippen LogP contribution in [-0.4, -0.2) is 35.8 Å². The van der Waals surface area contributed by atoms with Crippen LogP contribution in [0.15, 0.2) is 41.4 Å². The van der Waals surface area contributed by atoms with E-state index in [1.54, 1.807) is 23.6 Å². The number of ether oxygens (including phenoxy) is 3. The summed E-state index contributed by atoms with van der Waals surface area (Å²) in [5, 5.41) is 0. The number of hydrogen-bond donors (Lipinski definition) is 0. The maximum absolute atomic E-state index is 12.9. The number of aromatic nitrogens is 1. The third-order valence-electron chi connectivity index (χ3n) is 4.69. The molecular formula is C22H22N2O5S. The highest BCUT2D eigenvalue weighted by molar-refractivity contribution is 7.16. The molecule has 0 saturated carbocycles. The minimum atomic E-state index is -0.844. The first-order valence-corrected chi connectivity index (χ1v) is 10.5. The summed E-state index contributed by atoms with van der Waals surface area (Å²) in [6.45, 7) is 6.10. The van der Waals surface area contributed by atoms with Crippen molar-refractivity contribution in [3.63, 3.8) is 0 Å².